The molecule has 1 N–H and O–H groups in total. The van der Waals surface area contributed by atoms with Crippen LogP contribution in [0.15, 0.2) is 18.2 Å². The van der Waals surface area contributed by atoms with Crippen molar-refractivity contribution < 1.29 is 23.9 Å². The zero-order valence-electron chi connectivity index (χ0n) is 15.9. The Kier molecular flexibility index (Phi) is 5.65. The molecule has 6 nitrogen and oxygen atoms in total. The number of ether oxygens (including phenoxy) is 2. The largest absolute Gasteiger partial charge is 0.493 e. The Balaban J connectivity index is 2.29. The van der Waals surface area contributed by atoms with E-state index in [1.165, 1.54) is 21.0 Å². The van der Waals surface area contributed by atoms with Gasteiger partial charge in [0.25, 0.3) is 0 Å². The Morgan fingerprint density at radius 3 is 2.19 bits per heavy atom. The van der Waals surface area contributed by atoms with Gasteiger partial charge in [0.2, 0.25) is 5.78 Å². The van der Waals surface area contributed by atoms with Crippen LogP contribution in [0.1, 0.15) is 63.2 Å². The van der Waals surface area contributed by atoms with E-state index in [2.05, 4.69) is 4.98 Å². The molecule has 138 valence electrons. The van der Waals surface area contributed by atoms with Crippen LogP contribution in [0, 0.1) is 13.8 Å². The molecular weight excluding hydrogens is 334 g/mol. The van der Waals surface area contributed by atoms with E-state index in [9.17, 15) is 14.4 Å². The maximum Gasteiger partial charge on any atom is 0.219 e. The Bertz CT molecular complexity index is 879. The van der Waals surface area contributed by atoms with Crippen molar-refractivity contribution in [2.75, 3.05) is 7.11 Å². The minimum Gasteiger partial charge on any atom is -0.493 e. The van der Waals surface area contributed by atoms with E-state index in [4.69, 9.17) is 9.47 Å². The molecule has 1 aromatic carbocycles. The minimum absolute atomic E-state index is 0.0896. The molecule has 0 saturated heterocycles. The fraction of sp³-hybridized carbons (Fsp3) is 0.350. The van der Waals surface area contributed by atoms with Crippen LogP contribution in [-0.4, -0.2) is 35.5 Å². The van der Waals surface area contributed by atoms with Gasteiger partial charge in [-0.2, -0.15) is 0 Å². The van der Waals surface area contributed by atoms with Gasteiger partial charge in [-0.05, 0) is 58.4 Å². The van der Waals surface area contributed by atoms with Crippen LogP contribution in [0.5, 0.6) is 11.5 Å². The van der Waals surface area contributed by atoms with E-state index in [1.807, 2.05) is 0 Å². The van der Waals surface area contributed by atoms with E-state index in [0.717, 1.165) is 0 Å². The van der Waals surface area contributed by atoms with Crippen LogP contribution < -0.4 is 9.47 Å². The molecule has 0 aliphatic heterocycles. The van der Waals surface area contributed by atoms with Crippen LogP contribution in [0.4, 0.5) is 0 Å². The van der Waals surface area contributed by atoms with Gasteiger partial charge in [-0.1, -0.05) is 0 Å². The third-order valence-corrected chi connectivity index (χ3v) is 4.28. The Morgan fingerprint density at radius 2 is 1.69 bits per heavy atom. The second kappa shape index (κ2) is 7.56. The summed E-state index contributed by atoms with van der Waals surface area (Å²) < 4.78 is 11.0. The van der Waals surface area contributed by atoms with Crippen molar-refractivity contribution in [3.63, 3.8) is 0 Å². The fourth-order valence-corrected chi connectivity index (χ4v) is 2.96. The molecule has 0 fully saturated rings. The minimum atomic E-state index is -0.802. The van der Waals surface area contributed by atoms with Crippen molar-refractivity contribution in [1.82, 2.24) is 4.98 Å². The highest BCUT2D eigenvalue weighted by Gasteiger charge is 2.25. The molecule has 6 heteroatoms. The summed E-state index contributed by atoms with van der Waals surface area (Å²) in [6.45, 7) is 8.06. The lowest BCUT2D eigenvalue weighted by Crippen LogP contribution is -2.25. The first-order chi connectivity index (χ1) is 12.2. The Morgan fingerprint density at radius 1 is 1.04 bits per heavy atom. The topological polar surface area (TPSA) is 85.5 Å². The molecule has 0 spiro atoms. The summed E-state index contributed by atoms with van der Waals surface area (Å²) in [5.41, 5.74) is 2.67. The molecule has 2 aromatic rings. The average Bonchev–Trinajstić information content (AvgIpc) is 2.88. The Labute approximate surface area is 152 Å². The van der Waals surface area contributed by atoms with Crippen LogP contribution in [0.25, 0.3) is 0 Å². The molecule has 0 saturated carbocycles. The van der Waals surface area contributed by atoms with E-state index in [1.54, 1.807) is 39.0 Å². The number of ketones is 3. The van der Waals surface area contributed by atoms with Crippen molar-refractivity contribution in [3.8, 4) is 11.5 Å². The second-order valence-corrected chi connectivity index (χ2v) is 6.23. The molecular formula is C20H23NO5. The fourth-order valence-electron chi connectivity index (χ4n) is 2.96. The number of hydrogen-bond acceptors (Lipinski definition) is 5. The number of methoxy groups -OCH3 is 1. The van der Waals surface area contributed by atoms with Gasteiger partial charge in [-0.25, -0.2) is 0 Å². The molecule has 1 aromatic heterocycles. The maximum atomic E-state index is 12.8. The molecule has 1 heterocycles. The van der Waals surface area contributed by atoms with Crippen LogP contribution in [0.3, 0.4) is 0 Å². The first-order valence-corrected chi connectivity index (χ1v) is 8.27. The average molecular weight is 357 g/mol. The predicted octanol–water partition coefficient (Wildman–Crippen LogP) is 3.70. The number of H-pyrrole nitrogens is 1. The predicted molar refractivity (Wildman–Crippen MR) is 97.7 cm³/mol. The molecule has 2 rings (SSSR count). The van der Waals surface area contributed by atoms with Crippen LogP contribution in [0.2, 0.25) is 0 Å². The lowest BCUT2D eigenvalue weighted by molar-refractivity contribution is 0.0807. The summed E-state index contributed by atoms with van der Waals surface area (Å²) in [5, 5.41) is 0. The van der Waals surface area contributed by atoms with Gasteiger partial charge >= 0.3 is 0 Å². The van der Waals surface area contributed by atoms with E-state index in [0.29, 0.717) is 39.6 Å². The highest BCUT2D eigenvalue weighted by Crippen LogP contribution is 2.30. The van der Waals surface area contributed by atoms with Gasteiger partial charge in [0.1, 0.15) is 0 Å². The van der Waals surface area contributed by atoms with E-state index >= 15 is 0 Å². The first kappa shape index (κ1) is 19.4. The molecule has 0 aliphatic rings. The first-order valence-electron chi connectivity index (χ1n) is 8.27. The highest BCUT2D eigenvalue weighted by molar-refractivity contribution is 6.04. The highest BCUT2D eigenvalue weighted by atomic mass is 16.5. The van der Waals surface area contributed by atoms with Crippen molar-refractivity contribution in [3.05, 3.63) is 46.3 Å². The van der Waals surface area contributed by atoms with Crippen LogP contribution >= 0.6 is 0 Å². The number of nitrogens with one attached hydrogen (secondary N) is 1. The van der Waals surface area contributed by atoms with Crippen molar-refractivity contribution in [2.24, 2.45) is 0 Å². The zero-order valence-corrected chi connectivity index (χ0v) is 15.9. The number of rotatable bonds is 7. The number of benzene rings is 1. The quantitative estimate of drug-likeness (QED) is 0.764. The Hall–Kier alpha value is -2.89. The van der Waals surface area contributed by atoms with E-state index < -0.39 is 6.10 Å². The lowest BCUT2D eigenvalue weighted by Gasteiger charge is -2.16. The van der Waals surface area contributed by atoms with E-state index in [-0.39, 0.29) is 17.3 Å². The number of aromatic amines is 1. The normalized spacial score (nSPS) is 11.8. The molecule has 0 aliphatic carbocycles. The number of carbonyl (C=O) groups is 3. The smallest absolute Gasteiger partial charge is 0.219 e. The monoisotopic (exact) mass is 357 g/mol. The summed E-state index contributed by atoms with van der Waals surface area (Å²) >= 11 is 0. The molecule has 0 radical (unpaired) electrons. The third kappa shape index (κ3) is 3.69. The van der Waals surface area contributed by atoms with Gasteiger partial charge < -0.3 is 14.5 Å². The third-order valence-electron chi connectivity index (χ3n) is 4.28. The number of hydrogen-bond donors (Lipinski definition) is 1. The standard InChI is InChI=1S/C20H23NO5/c1-10-18(13(4)23)11(2)21-19(10)20(24)14(5)26-16-8-7-15(12(3)22)9-17(16)25-6/h7-9,14,21H,1-6H3/t14-/m1/s1. The summed E-state index contributed by atoms with van der Waals surface area (Å²) in [6.07, 6.45) is -0.802. The van der Waals surface area contributed by atoms with Gasteiger partial charge in [0, 0.05) is 16.8 Å². The second-order valence-electron chi connectivity index (χ2n) is 6.23. The number of aromatic nitrogens is 1. The summed E-state index contributed by atoms with van der Waals surface area (Å²) in [7, 11) is 1.47. The van der Waals surface area contributed by atoms with Crippen molar-refractivity contribution in [1.29, 1.82) is 0 Å². The molecule has 0 amide bonds. The molecule has 0 bridgehead atoms. The molecule has 0 unspecified atom stereocenters. The number of Topliss-reactive ketones (excluding diaryl/α,β-unsaturated/α-hetero) is 3. The van der Waals surface area contributed by atoms with Gasteiger partial charge in [0.15, 0.2) is 29.2 Å². The number of aryl methyl sites for hydroxylation is 1. The SMILES string of the molecule is COc1cc(C(C)=O)ccc1O[C@H](C)C(=O)c1[nH]c(C)c(C(C)=O)c1C. The zero-order chi connectivity index (χ0) is 19.6. The van der Waals surface area contributed by atoms with Gasteiger partial charge in [-0.15, -0.1) is 0 Å². The van der Waals surface area contributed by atoms with Gasteiger partial charge in [-0.3, -0.25) is 14.4 Å². The summed E-state index contributed by atoms with van der Waals surface area (Å²) in [4.78, 5) is 39.0. The van der Waals surface area contributed by atoms with Crippen molar-refractivity contribution in [2.45, 2.75) is 40.7 Å². The van der Waals surface area contributed by atoms with Crippen molar-refractivity contribution >= 4 is 17.3 Å². The summed E-state index contributed by atoms with van der Waals surface area (Å²) in [5.74, 6) is 0.293. The van der Waals surface area contributed by atoms with Gasteiger partial charge in [0.05, 0.1) is 12.8 Å². The maximum absolute atomic E-state index is 12.8. The number of carbonyl (C=O) groups excluding carboxylic acids is 3. The molecule has 1 atom stereocenters. The lowest BCUT2D eigenvalue weighted by atomic mass is 10.0. The van der Waals surface area contributed by atoms with Crippen LogP contribution in [-0.2, 0) is 0 Å². The molecule has 26 heavy (non-hydrogen) atoms. The summed E-state index contributed by atoms with van der Waals surface area (Å²) in [6, 6.07) is 4.80.